The van der Waals surface area contributed by atoms with E-state index < -0.39 is 17.7 Å². The molecule has 1 N–H and O–H groups in total. The van der Waals surface area contributed by atoms with Gasteiger partial charge in [-0.15, -0.1) is 0 Å². The third-order valence-electron chi connectivity index (χ3n) is 3.05. The van der Waals surface area contributed by atoms with Crippen LogP contribution in [0, 0.1) is 17.5 Å². The highest BCUT2D eigenvalue weighted by Crippen LogP contribution is 2.25. The van der Waals surface area contributed by atoms with Crippen molar-refractivity contribution in [2.45, 2.75) is 19.4 Å². The molecule has 0 radical (unpaired) electrons. The number of benzene rings is 2. The van der Waals surface area contributed by atoms with Crippen LogP contribution in [0.1, 0.15) is 30.5 Å². The van der Waals surface area contributed by atoms with Crippen molar-refractivity contribution in [3.63, 3.8) is 0 Å². The van der Waals surface area contributed by atoms with E-state index in [2.05, 4.69) is 5.32 Å². The first-order valence-electron chi connectivity index (χ1n) is 6.55. The number of rotatable bonds is 5. The van der Waals surface area contributed by atoms with Crippen molar-refractivity contribution in [2.75, 3.05) is 6.54 Å². The minimum atomic E-state index is -0.636. The van der Waals surface area contributed by atoms with E-state index in [1.807, 2.05) is 6.92 Å². The van der Waals surface area contributed by atoms with Crippen LogP contribution in [0.2, 0.25) is 0 Å². The van der Waals surface area contributed by atoms with Gasteiger partial charge in [-0.25, -0.2) is 13.2 Å². The molecule has 0 spiro atoms. The van der Waals surface area contributed by atoms with E-state index in [9.17, 15) is 13.2 Å². The van der Waals surface area contributed by atoms with E-state index in [0.29, 0.717) is 17.7 Å². The van der Waals surface area contributed by atoms with Crippen molar-refractivity contribution in [3.05, 3.63) is 71.0 Å². The van der Waals surface area contributed by atoms with Crippen LogP contribution in [-0.4, -0.2) is 6.54 Å². The Bertz CT molecular complexity index is 584. The number of nitrogens with one attached hydrogen (secondary N) is 1. The number of hydrogen-bond donors (Lipinski definition) is 1. The molecule has 106 valence electrons. The molecule has 2 aromatic rings. The Morgan fingerprint density at radius 3 is 2.40 bits per heavy atom. The van der Waals surface area contributed by atoms with Gasteiger partial charge in [0.05, 0.1) is 6.04 Å². The first kappa shape index (κ1) is 14.6. The van der Waals surface area contributed by atoms with Crippen molar-refractivity contribution in [1.29, 1.82) is 0 Å². The van der Waals surface area contributed by atoms with Crippen LogP contribution in [0.4, 0.5) is 13.2 Å². The van der Waals surface area contributed by atoms with E-state index in [1.165, 1.54) is 24.3 Å². The molecule has 2 rings (SSSR count). The fourth-order valence-electron chi connectivity index (χ4n) is 2.12. The predicted molar refractivity (Wildman–Crippen MR) is 72.9 cm³/mol. The van der Waals surface area contributed by atoms with Crippen molar-refractivity contribution >= 4 is 0 Å². The monoisotopic (exact) mass is 279 g/mol. The van der Waals surface area contributed by atoms with Gasteiger partial charge in [0.25, 0.3) is 0 Å². The van der Waals surface area contributed by atoms with E-state index in [4.69, 9.17) is 0 Å². The van der Waals surface area contributed by atoms with Gasteiger partial charge in [-0.1, -0.05) is 25.1 Å². The number of halogens is 3. The summed E-state index contributed by atoms with van der Waals surface area (Å²) in [6, 6.07) is 8.94. The molecule has 0 aliphatic heterocycles. The van der Waals surface area contributed by atoms with Gasteiger partial charge in [-0.05, 0) is 36.7 Å². The second kappa shape index (κ2) is 6.57. The summed E-state index contributed by atoms with van der Waals surface area (Å²) in [7, 11) is 0. The van der Waals surface area contributed by atoms with Gasteiger partial charge in [-0.2, -0.15) is 0 Å². The molecule has 0 bridgehead atoms. The summed E-state index contributed by atoms with van der Waals surface area (Å²) in [5.74, 6) is -1.64. The van der Waals surface area contributed by atoms with Gasteiger partial charge in [0.15, 0.2) is 0 Å². The van der Waals surface area contributed by atoms with E-state index in [0.717, 1.165) is 12.5 Å². The molecular weight excluding hydrogens is 263 g/mol. The molecule has 0 aliphatic rings. The molecule has 0 fully saturated rings. The largest absolute Gasteiger partial charge is 0.306 e. The lowest BCUT2D eigenvalue weighted by atomic mass is 9.98. The molecular formula is C16H16F3N. The molecule has 2 aromatic carbocycles. The molecule has 0 aliphatic carbocycles. The number of hydrogen-bond acceptors (Lipinski definition) is 1. The maximum atomic E-state index is 13.9. The van der Waals surface area contributed by atoms with E-state index in [1.54, 1.807) is 12.1 Å². The highest BCUT2D eigenvalue weighted by atomic mass is 19.1. The lowest BCUT2D eigenvalue weighted by Gasteiger charge is -2.20. The van der Waals surface area contributed by atoms with Gasteiger partial charge < -0.3 is 5.32 Å². The van der Waals surface area contributed by atoms with Gasteiger partial charge in [-0.3, -0.25) is 0 Å². The smallest absolute Gasteiger partial charge is 0.131 e. The summed E-state index contributed by atoms with van der Waals surface area (Å²) in [4.78, 5) is 0. The second-order valence-electron chi connectivity index (χ2n) is 4.61. The average Bonchev–Trinajstić information content (AvgIpc) is 2.41. The molecule has 1 unspecified atom stereocenters. The first-order valence-corrected chi connectivity index (χ1v) is 6.55. The van der Waals surface area contributed by atoms with Gasteiger partial charge in [0.1, 0.15) is 17.5 Å². The third kappa shape index (κ3) is 3.39. The Morgan fingerprint density at radius 2 is 1.75 bits per heavy atom. The lowest BCUT2D eigenvalue weighted by molar-refractivity contribution is 0.530. The topological polar surface area (TPSA) is 12.0 Å². The lowest BCUT2D eigenvalue weighted by Crippen LogP contribution is -2.24. The molecule has 0 saturated carbocycles. The van der Waals surface area contributed by atoms with E-state index in [-0.39, 0.29) is 5.82 Å². The summed E-state index contributed by atoms with van der Waals surface area (Å²) in [6.07, 6.45) is 0.856. The van der Waals surface area contributed by atoms with Crippen molar-refractivity contribution < 1.29 is 13.2 Å². The van der Waals surface area contributed by atoms with Crippen molar-refractivity contribution in [1.82, 2.24) is 5.32 Å². The van der Waals surface area contributed by atoms with Crippen molar-refractivity contribution in [2.24, 2.45) is 0 Å². The summed E-state index contributed by atoms with van der Waals surface area (Å²) in [6.45, 7) is 2.63. The Balaban J connectivity index is 2.41. The summed E-state index contributed by atoms with van der Waals surface area (Å²) < 4.78 is 40.3. The maximum absolute atomic E-state index is 13.9. The first-order chi connectivity index (χ1) is 9.61. The van der Waals surface area contributed by atoms with Gasteiger partial charge >= 0.3 is 0 Å². The van der Waals surface area contributed by atoms with Crippen LogP contribution >= 0.6 is 0 Å². The summed E-state index contributed by atoms with van der Waals surface area (Å²) in [5, 5.41) is 3.16. The van der Waals surface area contributed by atoms with Crippen LogP contribution in [0.25, 0.3) is 0 Å². The molecule has 1 atom stereocenters. The minimum absolute atomic E-state index is 0.311. The fourth-order valence-corrected chi connectivity index (χ4v) is 2.12. The minimum Gasteiger partial charge on any atom is -0.306 e. The second-order valence-corrected chi connectivity index (χ2v) is 4.61. The van der Waals surface area contributed by atoms with Crippen LogP contribution in [0.3, 0.4) is 0 Å². The molecule has 4 heteroatoms. The molecule has 20 heavy (non-hydrogen) atoms. The van der Waals surface area contributed by atoms with Crippen molar-refractivity contribution in [3.8, 4) is 0 Å². The third-order valence-corrected chi connectivity index (χ3v) is 3.05. The van der Waals surface area contributed by atoms with Gasteiger partial charge in [0.2, 0.25) is 0 Å². The Labute approximate surface area is 116 Å². The molecule has 0 amide bonds. The van der Waals surface area contributed by atoms with Crippen LogP contribution < -0.4 is 5.32 Å². The fraction of sp³-hybridized carbons (Fsp3) is 0.250. The van der Waals surface area contributed by atoms with Gasteiger partial charge in [0, 0.05) is 11.6 Å². The molecule has 0 heterocycles. The quantitative estimate of drug-likeness (QED) is 0.865. The zero-order valence-electron chi connectivity index (χ0n) is 11.2. The van der Waals surface area contributed by atoms with Crippen LogP contribution in [0.5, 0.6) is 0 Å². The predicted octanol–water partition coefficient (Wildman–Crippen LogP) is 4.19. The Kier molecular flexibility index (Phi) is 4.79. The Morgan fingerprint density at radius 1 is 1.00 bits per heavy atom. The van der Waals surface area contributed by atoms with Crippen LogP contribution in [-0.2, 0) is 0 Å². The zero-order valence-corrected chi connectivity index (χ0v) is 11.2. The normalized spacial score (nSPS) is 12.4. The van der Waals surface area contributed by atoms with Crippen LogP contribution in [0.15, 0.2) is 42.5 Å². The zero-order chi connectivity index (χ0) is 14.5. The summed E-state index contributed by atoms with van der Waals surface area (Å²) >= 11 is 0. The highest BCUT2D eigenvalue weighted by molar-refractivity contribution is 5.33. The highest BCUT2D eigenvalue weighted by Gasteiger charge is 2.18. The average molecular weight is 279 g/mol. The Hall–Kier alpha value is -1.81. The maximum Gasteiger partial charge on any atom is 0.131 e. The van der Waals surface area contributed by atoms with E-state index >= 15 is 0 Å². The molecule has 0 aromatic heterocycles. The molecule has 0 saturated heterocycles. The summed E-state index contributed by atoms with van der Waals surface area (Å²) in [5.41, 5.74) is 0.925. The standard InChI is InChI=1S/C16H16F3N/c1-2-8-20-16(11-4-3-5-12(17)9-11)14-7-6-13(18)10-15(14)19/h3-7,9-10,16,20H,2,8H2,1H3. The SMILES string of the molecule is CCCNC(c1cccc(F)c1)c1ccc(F)cc1F. The molecule has 1 nitrogen and oxygen atoms in total.